The summed E-state index contributed by atoms with van der Waals surface area (Å²) < 4.78 is 5.38. The highest BCUT2D eigenvalue weighted by molar-refractivity contribution is 6.30. The summed E-state index contributed by atoms with van der Waals surface area (Å²) in [7, 11) is 1.61. The molecule has 1 N–H and O–H groups in total. The van der Waals surface area contributed by atoms with Crippen molar-refractivity contribution in [3.63, 3.8) is 0 Å². The Morgan fingerprint density at radius 1 is 0.943 bits per heavy atom. The molecule has 0 aliphatic rings. The third-order valence-electron chi connectivity index (χ3n) is 6.00. The second-order valence-corrected chi connectivity index (χ2v) is 9.14. The van der Waals surface area contributed by atoms with Crippen LogP contribution in [0.4, 0.5) is 0 Å². The average molecular weight is 493 g/mol. The molecule has 0 unspecified atom stereocenters. The van der Waals surface area contributed by atoms with Crippen molar-refractivity contribution in [3.05, 3.63) is 101 Å². The van der Waals surface area contributed by atoms with Crippen molar-refractivity contribution < 1.29 is 14.3 Å². The molecule has 184 valence electrons. The van der Waals surface area contributed by atoms with Gasteiger partial charge in [-0.1, -0.05) is 73.1 Å². The highest BCUT2D eigenvalue weighted by Gasteiger charge is 2.31. The summed E-state index contributed by atoms with van der Waals surface area (Å²) in [6.07, 6.45) is 1.36. The van der Waals surface area contributed by atoms with E-state index in [2.05, 4.69) is 5.32 Å². The highest BCUT2D eigenvalue weighted by Crippen LogP contribution is 2.20. The van der Waals surface area contributed by atoms with Gasteiger partial charge < -0.3 is 15.0 Å². The van der Waals surface area contributed by atoms with Crippen LogP contribution in [0.15, 0.2) is 78.9 Å². The molecule has 0 heterocycles. The van der Waals surface area contributed by atoms with E-state index in [0.717, 1.165) is 23.1 Å². The number of nitrogens with one attached hydrogen (secondary N) is 1. The Morgan fingerprint density at radius 2 is 1.63 bits per heavy atom. The summed E-state index contributed by atoms with van der Waals surface area (Å²) in [5.41, 5.74) is 2.68. The van der Waals surface area contributed by atoms with E-state index in [9.17, 15) is 9.59 Å². The van der Waals surface area contributed by atoms with Gasteiger partial charge in [0, 0.05) is 24.0 Å². The molecule has 0 saturated heterocycles. The van der Waals surface area contributed by atoms with E-state index in [1.54, 1.807) is 24.1 Å². The fourth-order valence-electron chi connectivity index (χ4n) is 3.89. The first kappa shape index (κ1) is 26.3. The molecule has 3 aromatic rings. The molecule has 0 radical (unpaired) electrons. The van der Waals surface area contributed by atoms with Crippen molar-refractivity contribution in [3.8, 4) is 5.75 Å². The van der Waals surface area contributed by atoms with Crippen LogP contribution in [0.1, 0.15) is 37.0 Å². The fraction of sp³-hybridized carbons (Fsp3) is 0.310. The van der Waals surface area contributed by atoms with E-state index >= 15 is 0 Å². The van der Waals surface area contributed by atoms with Crippen LogP contribution < -0.4 is 10.1 Å². The van der Waals surface area contributed by atoms with Gasteiger partial charge in [-0.05, 0) is 54.3 Å². The Hall–Kier alpha value is -3.31. The minimum absolute atomic E-state index is 0.00229. The lowest BCUT2D eigenvalue weighted by Gasteiger charge is -2.32. The Balaban J connectivity index is 1.98. The molecule has 2 atom stereocenters. The largest absolute Gasteiger partial charge is 0.497 e. The minimum atomic E-state index is -0.677. The summed E-state index contributed by atoms with van der Waals surface area (Å²) in [5, 5.41) is 3.66. The number of amides is 2. The van der Waals surface area contributed by atoms with Crippen LogP contribution in [0.25, 0.3) is 0 Å². The molecule has 0 spiro atoms. The predicted molar refractivity (Wildman–Crippen MR) is 141 cm³/mol. The Morgan fingerprint density at radius 3 is 2.31 bits per heavy atom. The molecule has 3 aromatic carbocycles. The third-order valence-corrected chi connectivity index (χ3v) is 6.24. The molecule has 0 aromatic heterocycles. The second kappa shape index (κ2) is 13.0. The lowest BCUT2D eigenvalue weighted by atomic mass is 10.0. The number of benzene rings is 3. The summed E-state index contributed by atoms with van der Waals surface area (Å²) in [6, 6.07) is 24.0. The first-order valence-corrected chi connectivity index (χ1v) is 12.3. The molecular weight excluding hydrogens is 460 g/mol. The summed E-state index contributed by atoms with van der Waals surface area (Å²) >= 11 is 6.16. The number of ether oxygens (including phenoxy) is 1. The van der Waals surface area contributed by atoms with Gasteiger partial charge in [-0.15, -0.1) is 0 Å². The molecule has 6 heteroatoms. The van der Waals surface area contributed by atoms with Gasteiger partial charge in [-0.3, -0.25) is 9.59 Å². The maximum atomic E-state index is 13.7. The zero-order valence-electron chi connectivity index (χ0n) is 20.5. The zero-order chi connectivity index (χ0) is 25.2. The Labute approximate surface area is 213 Å². The lowest BCUT2D eigenvalue weighted by Crippen LogP contribution is -2.52. The standard InChI is InChI=1S/C29H33ClN2O3/c1-4-21(2)31-29(34)27(18-22-10-6-5-7-11-22)32(20-24-13-9-15-26(17-24)35-3)28(33)19-23-12-8-14-25(30)16-23/h5-17,21,27H,4,18-20H2,1-3H3,(H,31,34)/t21-,27-/m0/s1. The van der Waals surface area contributed by atoms with Gasteiger partial charge in [0.25, 0.3) is 0 Å². The number of carbonyl (C=O) groups is 2. The number of methoxy groups -OCH3 is 1. The van der Waals surface area contributed by atoms with Crippen molar-refractivity contribution in [2.24, 2.45) is 0 Å². The number of rotatable bonds is 11. The lowest BCUT2D eigenvalue weighted by molar-refractivity contribution is -0.141. The number of carbonyl (C=O) groups excluding carboxylic acids is 2. The van der Waals surface area contributed by atoms with Crippen molar-refractivity contribution in [2.75, 3.05) is 7.11 Å². The van der Waals surface area contributed by atoms with E-state index in [1.165, 1.54) is 0 Å². The van der Waals surface area contributed by atoms with E-state index in [1.807, 2.05) is 80.6 Å². The van der Waals surface area contributed by atoms with Crippen LogP contribution in [0, 0.1) is 0 Å². The Kier molecular flexibility index (Phi) is 9.74. The molecule has 0 aliphatic heterocycles. The minimum Gasteiger partial charge on any atom is -0.497 e. The van der Waals surface area contributed by atoms with Gasteiger partial charge in [-0.25, -0.2) is 0 Å². The smallest absolute Gasteiger partial charge is 0.243 e. The molecule has 0 fully saturated rings. The van der Waals surface area contributed by atoms with Gasteiger partial charge in [0.2, 0.25) is 11.8 Å². The summed E-state index contributed by atoms with van der Waals surface area (Å²) in [4.78, 5) is 29.0. The number of halogens is 1. The van der Waals surface area contributed by atoms with Crippen LogP contribution in [0.3, 0.4) is 0 Å². The first-order chi connectivity index (χ1) is 16.9. The first-order valence-electron chi connectivity index (χ1n) is 11.9. The van der Waals surface area contributed by atoms with Crippen LogP contribution in [-0.2, 0) is 29.0 Å². The molecule has 3 rings (SSSR count). The number of hydrogen-bond donors (Lipinski definition) is 1. The monoisotopic (exact) mass is 492 g/mol. The fourth-order valence-corrected chi connectivity index (χ4v) is 4.10. The molecule has 35 heavy (non-hydrogen) atoms. The normalized spacial score (nSPS) is 12.5. The van der Waals surface area contributed by atoms with Crippen LogP contribution in [0.2, 0.25) is 5.02 Å². The maximum absolute atomic E-state index is 13.7. The zero-order valence-corrected chi connectivity index (χ0v) is 21.3. The molecule has 0 aliphatic carbocycles. The van der Waals surface area contributed by atoms with E-state index in [-0.39, 0.29) is 30.8 Å². The van der Waals surface area contributed by atoms with Gasteiger partial charge in [0.1, 0.15) is 11.8 Å². The highest BCUT2D eigenvalue weighted by atomic mass is 35.5. The van der Waals surface area contributed by atoms with E-state index in [4.69, 9.17) is 16.3 Å². The Bertz CT molecular complexity index is 1120. The summed E-state index contributed by atoms with van der Waals surface area (Å²) in [5.74, 6) is 0.397. The van der Waals surface area contributed by atoms with Crippen LogP contribution in [-0.4, -0.2) is 35.9 Å². The summed E-state index contributed by atoms with van der Waals surface area (Å²) in [6.45, 7) is 4.27. The van der Waals surface area contributed by atoms with Crippen molar-refractivity contribution >= 4 is 23.4 Å². The van der Waals surface area contributed by atoms with E-state index in [0.29, 0.717) is 17.2 Å². The van der Waals surface area contributed by atoms with Crippen LogP contribution >= 0.6 is 11.6 Å². The van der Waals surface area contributed by atoms with E-state index < -0.39 is 6.04 Å². The van der Waals surface area contributed by atoms with Gasteiger partial charge in [-0.2, -0.15) is 0 Å². The maximum Gasteiger partial charge on any atom is 0.243 e. The molecule has 0 saturated carbocycles. The van der Waals surface area contributed by atoms with Gasteiger partial charge >= 0.3 is 0 Å². The topological polar surface area (TPSA) is 58.6 Å². The third kappa shape index (κ3) is 7.86. The molecular formula is C29H33ClN2O3. The van der Waals surface area contributed by atoms with Gasteiger partial charge in [0.15, 0.2) is 0 Å². The number of hydrogen-bond acceptors (Lipinski definition) is 3. The predicted octanol–water partition coefficient (Wildman–Crippen LogP) is 5.45. The van der Waals surface area contributed by atoms with Crippen LogP contribution in [0.5, 0.6) is 5.75 Å². The van der Waals surface area contributed by atoms with Crippen molar-refractivity contribution in [1.29, 1.82) is 0 Å². The molecule has 2 amide bonds. The van der Waals surface area contributed by atoms with Gasteiger partial charge in [0.05, 0.1) is 13.5 Å². The van der Waals surface area contributed by atoms with Crippen molar-refractivity contribution in [2.45, 2.75) is 51.7 Å². The number of nitrogens with zero attached hydrogens (tertiary/aromatic N) is 1. The SMILES string of the molecule is CC[C@H](C)NC(=O)[C@H](Cc1ccccc1)N(Cc1cccc(OC)c1)C(=O)Cc1cccc(Cl)c1. The second-order valence-electron chi connectivity index (χ2n) is 8.70. The quantitative estimate of drug-likeness (QED) is 0.387. The molecule has 0 bridgehead atoms. The average Bonchev–Trinajstić information content (AvgIpc) is 2.86. The molecule has 5 nitrogen and oxygen atoms in total. The van der Waals surface area contributed by atoms with Crippen molar-refractivity contribution in [1.82, 2.24) is 10.2 Å².